The SMILES string of the molecule is Cc1ccc(N)cc1C(=O)NCC(=O)NCC(F)(F)F. The zero-order valence-corrected chi connectivity index (χ0v) is 10.7. The Hall–Kier alpha value is -2.25. The highest BCUT2D eigenvalue weighted by atomic mass is 19.4. The van der Waals surface area contributed by atoms with Crippen molar-refractivity contribution in [2.24, 2.45) is 0 Å². The molecule has 0 fully saturated rings. The third kappa shape index (κ3) is 5.17. The van der Waals surface area contributed by atoms with E-state index in [9.17, 15) is 22.8 Å². The summed E-state index contributed by atoms with van der Waals surface area (Å²) < 4.78 is 35.6. The summed E-state index contributed by atoms with van der Waals surface area (Å²) in [7, 11) is 0. The molecular weight excluding hydrogens is 275 g/mol. The minimum atomic E-state index is -4.48. The molecule has 2 amide bonds. The predicted octanol–water partition coefficient (Wildman–Crippen LogP) is 0.986. The molecule has 4 N–H and O–H groups in total. The molecule has 8 heteroatoms. The number of alkyl halides is 3. The molecular formula is C12H14F3N3O2. The van der Waals surface area contributed by atoms with Crippen LogP contribution in [0.15, 0.2) is 18.2 Å². The quantitative estimate of drug-likeness (QED) is 0.723. The van der Waals surface area contributed by atoms with Gasteiger partial charge in [0.1, 0.15) is 6.54 Å². The highest BCUT2D eigenvalue weighted by Gasteiger charge is 2.27. The molecule has 0 aliphatic carbocycles. The van der Waals surface area contributed by atoms with Crippen molar-refractivity contribution >= 4 is 17.5 Å². The number of nitrogen functional groups attached to an aromatic ring is 1. The van der Waals surface area contributed by atoms with Crippen LogP contribution in [-0.4, -0.2) is 31.1 Å². The van der Waals surface area contributed by atoms with E-state index in [-0.39, 0.29) is 5.56 Å². The molecule has 0 heterocycles. The van der Waals surface area contributed by atoms with Crippen LogP contribution in [0.1, 0.15) is 15.9 Å². The fraction of sp³-hybridized carbons (Fsp3) is 0.333. The summed E-state index contributed by atoms with van der Waals surface area (Å²) in [5, 5.41) is 3.88. The number of aryl methyl sites for hydroxylation is 1. The highest BCUT2D eigenvalue weighted by Crippen LogP contribution is 2.13. The van der Waals surface area contributed by atoms with E-state index in [0.717, 1.165) is 0 Å². The molecule has 0 radical (unpaired) electrons. The van der Waals surface area contributed by atoms with Crippen LogP contribution in [0.3, 0.4) is 0 Å². The van der Waals surface area contributed by atoms with Crippen LogP contribution < -0.4 is 16.4 Å². The number of halogens is 3. The van der Waals surface area contributed by atoms with Crippen molar-refractivity contribution in [3.63, 3.8) is 0 Å². The van der Waals surface area contributed by atoms with Crippen LogP contribution in [0.5, 0.6) is 0 Å². The van der Waals surface area contributed by atoms with Gasteiger partial charge in [-0.25, -0.2) is 0 Å². The van der Waals surface area contributed by atoms with Crippen molar-refractivity contribution in [3.05, 3.63) is 29.3 Å². The van der Waals surface area contributed by atoms with Gasteiger partial charge in [-0.05, 0) is 24.6 Å². The van der Waals surface area contributed by atoms with E-state index in [1.165, 1.54) is 6.07 Å². The molecule has 0 saturated carbocycles. The van der Waals surface area contributed by atoms with E-state index >= 15 is 0 Å². The lowest BCUT2D eigenvalue weighted by atomic mass is 10.1. The minimum absolute atomic E-state index is 0.272. The largest absolute Gasteiger partial charge is 0.405 e. The summed E-state index contributed by atoms with van der Waals surface area (Å²) >= 11 is 0. The molecule has 1 aromatic carbocycles. The van der Waals surface area contributed by atoms with E-state index in [0.29, 0.717) is 11.3 Å². The van der Waals surface area contributed by atoms with Gasteiger partial charge in [-0.15, -0.1) is 0 Å². The molecule has 1 rings (SSSR count). The third-order valence-electron chi connectivity index (χ3n) is 2.40. The summed E-state index contributed by atoms with van der Waals surface area (Å²) in [5.41, 5.74) is 6.83. The van der Waals surface area contributed by atoms with Gasteiger partial charge in [0.2, 0.25) is 5.91 Å². The molecule has 0 bridgehead atoms. The molecule has 0 aromatic heterocycles. The van der Waals surface area contributed by atoms with Crippen LogP contribution in [0.4, 0.5) is 18.9 Å². The Morgan fingerprint density at radius 2 is 1.90 bits per heavy atom. The van der Waals surface area contributed by atoms with Crippen LogP contribution in [0, 0.1) is 6.92 Å². The number of nitrogens with one attached hydrogen (secondary N) is 2. The average molecular weight is 289 g/mol. The maximum atomic E-state index is 11.9. The van der Waals surface area contributed by atoms with Gasteiger partial charge in [-0.3, -0.25) is 9.59 Å². The molecule has 1 aromatic rings. The lowest BCUT2D eigenvalue weighted by molar-refractivity contribution is -0.137. The molecule has 0 atom stereocenters. The zero-order valence-electron chi connectivity index (χ0n) is 10.7. The van der Waals surface area contributed by atoms with Gasteiger partial charge in [0.25, 0.3) is 5.91 Å². The van der Waals surface area contributed by atoms with Gasteiger partial charge < -0.3 is 16.4 Å². The smallest absolute Gasteiger partial charge is 0.399 e. The topological polar surface area (TPSA) is 84.2 Å². The molecule has 0 saturated heterocycles. The first-order valence-corrected chi connectivity index (χ1v) is 5.67. The normalized spacial score (nSPS) is 11.0. The first-order valence-electron chi connectivity index (χ1n) is 5.67. The van der Waals surface area contributed by atoms with E-state index in [1.807, 2.05) is 0 Å². The Kier molecular flexibility index (Phi) is 4.95. The standard InChI is InChI=1S/C12H14F3N3O2/c1-7-2-3-8(16)4-9(7)11(20)17-5-10(19)18-6-12(13,14)15/h2-4H,5-6,16H2,1H3,(H,17,20)(H,18,19). The molecule has 5 nitrogen and oxygen atoms in total. The molecule has 20 heavy (non-hydrogen) atoms. The number of nitrogens with two attached hydrogens (primary N) is 1. The number of rotatable bonds is 4. The second kappa shape index (κ2) is 6.27. The van der Waals surface area contributed by atoms with E-state index in [4.69, 9.17) is 5.73 Å². The Labute approximate surface area is 113 Å². The van der Waals surface area contributed by atoms with Crippen LogP contribution in [0.2, 0.25) is 0 Å². The highest BCUT2D eigenvalue weighted by molar-refractivity contribution is 5.98. The second-order valence-electron chi connectivity index (χ2n) is 4.15. The van der Waals surface area contributed by atoms with Crippen molar-refractivity contribution in [2.75, 3.05) is 18.8 Å². The maximum absolute atomic E-state index is 11.9. The number of anilines is 1. The Morgan fingerprint density at radius 1 is 1.25 bits per heavy atom. The van der Waals surface area contributed by atoms with Gasteiger partial charge >= 0.3 is 6.18 Å². The van der Waals surface area contributed by atoms with Crippen molar-refractivity contribution < 1.29 is 22.8 Å². The number of benzene rings is 1. The van der Waals surface area contributed by atoms with Crippen LogP contribution in [-0.2, 0) is 4.79 Å². The maximum Gasteiger partial charge on any atom is 0.405 e. The van der Waals surface area contributed by atoms with Gasteiger partial charge in [0, 0.05) is 11.3 Å². The first kappa shape index (κ1) is 15.8. The Morgan fingerprint density at radius 3 is 2.50 bits per heavy atom. The molecule has 0 aliphatic heterocycles. The second-order valence-corrected chi connectivity index (χ2v) is 4.15. The third-order valence-corrected chi connectivity index (χ3v) is 2.40. The van der Waals surface area contributed by atoms with E-state index in [1.54, 1.807) is 24.4 Å². The fourth-order valence-electron chi connectivity index (χ4n) is 1.40. The Bertz CT molecular complexity index is 515. The summed E-state index contributed by atoms with van der Waals surface area (Å²) in [6, 6.07) is 4.68. The molecule has 110 valence electrons. The van der Waals surface area contributed by atoms with E-state index < -0.39 is 31.1 Å². The lowest BCUT2D eigenvalue weighted by Crippen LogP contribution is -2.41. The number of carbonyl (C=O) groups excluding carboxylic acids is 2. The van der Waals surface area contributed by atoms with Crippen molar-refractivity contribution in [1.29, 1.82) is 0 Å². The summed E-state index contributed by atoms with van der Waals surface area (Å²) in [5.74, 6) is -1.49. The molecule has 0 unspecified atom stereocenters. The van der Waals surface area contributed by atoms with Crippen molar-refractivity contribution in [3.8, 4) is 0 Å². The van der Waals surface area contributed by atoms with Gasteiger partial charge in [0.15, 0.2) is 0 Å². The zero-order chi connectivity index (χ0) is 15.3. The van der Waals surface area contributed by atoms with Gasteiger partial charge in [-0.1, -0.05) is 6.07 Å². The number of amides is 2. The molecule has 0 spiro atoms. The van der Waals surface area contributed by atoms with Crippen LogP contribution in [0.25, 0.3) is 0 Å². The van der Waals surface area contributed by atoms with Crippen LogP contribution >= 0.6 is 0 Å². The van der Waals surface area contributed by atoms with Gasteiger partial charge in [0.05, 0.1) is 6.54 Å². The van der Waals surface area contributed by atoms with Gasteiger partial charge in [-0.2, -0.15) is 13.2 Å². The Balaban J connectivity index is 2.51. The fourth-order valence-corrected chi connectivity index (χ4v) is 1.40. The number of hydrogen-bond acceptors (Lipinski definition) is 3. The number of hydrogen-bond donors (Lipinski definition) is 3. The van der Waals surface area contributed by atoms with E-state index in [2.05, 4.69) is 5.32 Å². The predicted molar refractivity (Wildman–Crippen MR) is 67.0 cm³/mol. The first-order chi connectivity index (χ1) is 9.19. The number of carbonyl (C=O) groups is 2. The summed E-state index contributed by atoms with van der Waals surface area (Å²) in [6.07, 6.45) is -4.48. The van der Waals surface area contributed by atoms with Crippen molar-refractivity contribution in [1.82, 2.24) is 10.6 Å². The average Bonchev–Trinajstić information content (AvgIpc) is 2.35. The summed E-state index contributed by atoms with van der Waals surface area (Å²) in [4.78, 5) is 22.9. The monoisotopic (exact) mass is 289 g/mol. The lowest BCUT2D eigenvalue weighted by Gasteiger charge is -2.10. The minimum Gasteiger partial charge on any atom is -0.399 e. The summed E-state index contributed by atoms with van der Waals surface area (Å²) in [6.45, 7) is -0.291. The van der Waals surface area contributed by atoms with Crippen molar-refractivity contribution in [2.45, 2.75) is 13.1 Å². The molecule has 0 aliphatic rings.